The van der Waals surface area contributed by atoms with Gasteiger partial charge in [-0.15, -0.1) is 0 Å². The van der Waals surface area contributed by atoms with Crippen LogP contribution in [0.5, 0.6) is 5.88 Å². The number of anilines is 1. The van der Waals surface area contributed by atoms with Gasteiger partial charge in [0.25, 0.3) is 0 Å². The van der Waals surface area contributed by atoms with E-state index in [1.165, 1.54) is 12.8 Å². The number of ether oxygens (including phenoxy) is 1. The van der Waals surface area contributed by atoms with Crippen molar-refractivity contribution >= 4 is 11.6 Å². The molecular formula is C28H37FN6O3. The second kappa shape index (κ2) is 9.26. The van der Waals surface area contributed by atoms with E-state index in [2.05, 4.69) is 20.7 Å². The lowest BCUT2D eigenvalue weighted by Crippen LogP contribution is -2.52. The van der Waals surface area contributed by atoms with Gasteiger partial charge in [0, 0.05) is 55.8 Å². The lowest BCUT2D eigenvalue weighted by molar-refractivity contribution is -0.128. The number of nitrogens with zero attached hydrogens (tertiary/aromatic N) is 4. The minimum atomic E-state index is -0.852. The maximum Gasteiger partial charge on any atom is 0.219 e. The number of hydrogen-bond acceptors (Lipinski definition) is 9. The van der Waals surface area contributed by atoms with Crippen LogP contribution in [0.3, 0.4) is 0 Å². The summed E-state index contributed by atoms with van der Waals surface area (Å²) >= 11 is 0. The van der Waals surface area contributed by atoms with Crippen molar-refractivity contribution in [2.75, 3.05) is 31.1 Å². The van der Waals surface area contributed by atoms with Crippen LogP contribution in [-0.2, 0) is 16.6 Å². The average Bonchev–Trinajstić information content (AvgIpc) is 3.30. The van der Waals surface area contributed by atoms with Crippen molar-refractivity contribution in [2.24, 2.45) is 0 Å². The summed E-state index contributed by atoms with van der Waals surface area (Å²) in [6, 6.07) is 1.83. The molecule has 2 aliphatic heterocycles. The van der Waals surface area contributed by atoms with Gasteiger partial charge in [0.1, 0.15) is 23.9 Å². The zero-order chi connectivity index (χ0) is 25.9. The summed E-state index contributed by atoms with van der Waals surface area (Å²) in [7, 11) is 0. The van der Waals surface area contributed by atoms with Gasteiger partial charge in [-0.25, -0.2) is 9.37 Å². The van der Waals surface area contributed by atoms with Crippen LogP contribution >= 0.6 is 0 Å². The number of nitrogens with one attached hydrogen (secondary N) is 2. The molecule has 2 aromatic rings. The van der Waals surface area contributed by atoms with Crippen LogP contribution < -0.4 is 20.3 Å². The van der Waals surface area contributed by atoms with Gasteiger partial charge in [-0.05, 0) is 58.3 Å². The second-order valence-corrected chi connectivity index (χ2v) is 12.1. The largest absolute Gasteiger partial charge is 0.473 e. The van der Waals surface area contributed by atoms with E-state index in [0.29, 0.717) is 36.8 Å². The predicted octanol–water partition coefficient (Wildman–Crippen LogP) is 3.26. The van der Waals surface area contributed by atoms with Crippen LogP contribution in [0.2, 0.25) is 0 Å². The fourth-order valence-corrected chi connectivity index (χ4v) is 7.10. The SMILES string of the molecule is C[C@H](Oc1cc(N2CCNC3(CC3)C2)nc(-c2noc3c2CCC[C@@]32CCCCC2=O)n1)[C@@H]1C[C@@H](F)CN1. The number of piperazine rings is 1. The first-order valence-electron chi connectivity index (χ1n) is 14.4. The van der Waals surface area contributed by atoms with Crippen molar-refractivity contribution in [1.29, 1.82) is 0 Å². The molecule has 0 amide bonds. The van der Waals surface area contributed by atoms with Crippen molar-refractivity contribution in [3.63, 3.8) is 0 Å². The van der Waals surface area contributed by atoms with Crippen LogP contribution in [-0.4, -0.2) is 70.9 Å². The summed E-state index contributed by atoms with van der Waals surface area (Å²) in [5.41, 5.74) is 1.23. The summed E-state index contributed by atoms with van der Waals surface area (Å²) in [5, 5.41) is 11.4. The molecule has 0 bridgehead atoms. The summed E-state index contributed by atoms with van der Waals surface area (Å²) in [5.74, 6) is 2.76. The first-order chi connectivity index (χ1) is 18.4. The highest BCUT2D eigenvalue weighted by Gasteiger charge is 2.49. The first-order valence-corrected chi connectivity index (χ1v) is 14.4. The summed E-state index contributed by atoms with van der Waals surface area (Å²) in [4.78, 5) is 25.3. The quantitative estimate of drug-likeness (QED) is 0.610. The predicted molar refractivity (Wildman–Crippen MR) is 139 cm³/mol. The van der Waals surface area contributed by atoms with E-state index in [-0.39, 0.29) is 23.5 Å². The lowest BCUT2D eigenvalue weighted by atomic mass is 9.64. The van der Waals surface area contributed by atoms with E-state index in [1.807, 2.05) is 13.0 Å². The van der Waals surface area contributed by atoms with E-state index in [9.17, 15) is 9.18 Å². The Balaban J connectivity index is 1.25. The molecule has 2 aromatic heterocycles. The zero-order valence-corrected chi connectivity index (χ0v) is 22.1. The molecule has 204 valence electrons. The number of Topliss-reactive ketones (excluding diaryl/α,β-unsaturated/α-hetero) is 1. The minimum Gasteiger partial charge on any atom is -0.473 e. The van der Waals surface area contributed by atoms with Crippen LogP contribution in [0.1, 0.15) is 76.0 Å². The third kappa shape index (κ3) is 4.20. The molecule has 38 heavy (non-hydrogen) atoms. The molecule has 2 N–H and O–H groups in total. The average molecular weight is 525 g/mol. The maximum atomic E-state index is 13.8. The van der Waals surface area contributed by atoms with Gasteiger partial charge >= 0.3 is 0 Å². The molecule has 4 atom stereocenters. The summed E-state index contributed by atoms with van der Waals surface area (Å²) in [6.07, 6.45) is 7.63. The van der Waals surface area contributed by atoms with Gasteiger partial charge in [-0.3, -0.25) is 4.79 Å². The van der Waals surface area contributed by atoms with Gasteiger partial charge in [-0.1, -0.05) is 11.6 Å². The van der Waals surface area contributed by atoms with Crippen LogP contribution in [0.15, 0.2) is 10.6 Å². The minimum absolute atomic E-state index is 0.0715. The van der Waals surface area contributed by atoms with Gasteiger partial charge in [0.15, 0.2) is 17.3 Å². The summed E-state index contributed by atoms with van der Waals surface area (Å²) in [6.45, 7) is 4.95. The Bertz CT molecular complexity index is 1230. The highest BCUT2D eigenvalue weighted by molar-refractivity contribution is 5.91. The molecule has 2 saturated carbocycles. The molecule has 3 aliphatic carbocycles. The normalized spacial score (nSPS) is 31.0. The molecule has 2 saturated heterocycles. The molecule has 9 nitrogen and oxygen atoms in total. The highest BCUT2D eigenvalue weighted by Crippen LogP contribution is 2.48. The number of carbonyl (C=O) groups excluding carboxylic acids is 1. The molecule has 0 radical (unpaired) electrons. The van der Waals surface area contributed by atoms with E-state index >= 15 is 0 Å². The fourth-order valence-electron chi connectivity index (χ4n) is 7.10. The first kappa shape index (κ1) is 24.5. The Kier molecular flexibility index (Phi) is 5.96. The van der Waals surface area contributed by atoms with Gasteiger partial charge in [-0.2, -0.15) is 4.98 Å². The fraction of sp³-hybridized carbons (Fsp3) is 0.714. The standard InChI is InChI=1S/C28H37FN6O3/c1-17(20-13-18(29)15-30-20)37-23-14-22(35-12-11-31-27(16-35)9-10-27)32-26(33-23)24-19-5-4-8-28(25(19)38-34-24)7-3-2-6-21(28)36/h14,17-18,20,30-31H,2-13,15-16H2,1H3/t17-,18+,20-,28+/m0/s1. The number of fused-ring (bicyclic) bond motifs is 2. The van der Waals surface area contributed by atoms with Gasteiger partial charge in [0.2, 0.25) is 5.88 Å². The molecule has 10 heteroatoms. The number of hydrogen-bond donors (Lipinski definition) is 2. The second-order valence-electron chi connectivity index (χ2n) is 12.1. The van der Waals surface area contributed by atoms with E-state index in [4.69, 9.17) is 19.2 Å². The Morgan fingerprint density at radius 1 is 1.18 bits per heavy atom. The molecule has 0 aromatic carbocycles. The molecular weight excluding hydrogens is 487 g/mol. The number of rotatable bonds is 5. The number of aromatic nitrogens is 3. The van der Waals surface area contributed by atoms with E-state index in [0.717, 1.165) is 75.3 Å². The Labute approximate surface area is 222 Å². The third-order valence-corrected chi connectivity index (χ3v) is 9.48. The highest BCUT2D eigenvalue weighted by atomic mass is 19.1. The lowest BCUT2D eigenvalue weighted by Gasteiger charge is -2.36. The van der Waals surface area contributed by atoms with Crippen molar-refractivity contribution in [2.45, 2.75) is 100 Å². The molecule has 7 rings (SSSR count). The number of halogens is 1. The van der Waals surface area contributed by atoms with Crippen molar-refractivity contribution < 1.29 is 18.4 Å². The smallest absolute Gasteiger partial charge is 0.219 e. The molecule has 5 aliphatic rings. The van der Waals surface area contributed by atoms with Gasteiger partial charge < -0.3 is 24.8 Å². The summed E-state index contributed by atoms with van der Waals surface area (Å²) < 4.78 is 26.1. The molecule has 4 fully saturated rings. The number of alkyl halides is 1. The van der Waals surface area contributed by atoms with Crippen molar-refractivity contribution in [3.8, 4) is 17.4 Å². The van der Waals surface area contributed by atoms with Crippen molar-refractivity contribution in [1.82, 2.24) is 25.8 Å². The Hall–Kier alpha value is -2.59. The zero-order valence-electron chi connectivity index (χ0n) is 22.1. The Morgan fingerprint density at radius 2 is 2.05 bits per heavy atom. The number of ketones is 1. The number of carbonyl (C=O) groups is 1. The van der Waals surface area contributed by atoms with Crippen LogP contribution in [0, 0.1) is 0 Å². The van der Waals surface area contributed by atoms with Crippen LogP contribution in [0.25, 0.3) is 11.5 Å². The van der Waals surface area contributed by atoms with E-state index in [1.54, 1.807) is 0 Å². The Morgan fingerprint density at radius 3 is 2.84 bits per heavy atom. The monoisotopic (exact) mass is 524 g/mol. The molecule has 2 spiro atoms. The van der Waals surface area contributed by atoms with Crippen LogP contribution in [0.4, 0.5) is 10.2 Å². The maximum absolute atomic E-state index is 13.8. The van der Waals surface area contributed by atoms with E-state index < -0.39 is 11.6 Å². The molecule has 0 unspecified atom stereocenters. The topological polar surface area (TPSA) is 105 Å². The van der Waals surface area contributed by atoms with Crippen molar-refractivity contribution in [3.05, 3.63) is 17.4 Å². The van der Waals surface area contributed by atoms with Gasteiger partial charge in [0.05, 0.1) is 5.41 Å². The molecule has 4 heterocycles. The third-order valence-electron chi connectivity index (χ3n) is 9.48.